The summed E-state index contributed by atoms with van der Waals surface area (Å²) in [5.41, 5.74) is 0.853. The minimum Gasteiger partial charge on any atom is -0.478 e. The van der Waals surface area contributed by atoms with E-state index in [2.05, 4.69) is 13.8 Å². The van der Waals surface area contributed by atoms with Crippen molar-refractivity contribution in [1.29, 1.82) is 0 Å². The fourth-order valence-electron chi connectivity index (χ4n) is 1.64. The van der Waals surface area contributed by atoms with Gasteiger partial charge in [-0.3, -0.25) is 0 Å². The van der Waals surface area contributed by atoms with Crippen LogP contribution in [0.3, 0.4) is 0 Å². The zero-order valence-electron chi connectivity index (χ0n) is 10.4. The number of aromatic carboxylic acids is 1. The van der Waals surface area contributed by atoms with Crippen LogP contribution in [-0.4, -0.2) is 24.7 Å². The molecule has 0 saturated heterocycles. The van der Waals surface area contributed by atoms with Crippen molar-refractivity contribution in [2.24, 2.45) is 5.92 Å². The third-order valence-electron chi connectivity index (χ3n) is 2.64. The van der Waals surface area contributed by atoms with E-state index in [1.165, 1.54) is 0 Å². The molecule has 0 aliphatic carbocycles. The topological polar surface area (TPSA) is 40.5 Å². The maximum absolute atomic E-state index is 11.1. The van der Waals surface area contributed by atoms with Crippen molar-refractivity contribution in [2.75, 3.05) is 18.5 Å². The second-order valence-electron chi connectivity index (χ2n) is 4.55. The number of carboxylic acids is 1. The number of rotatable bonds is 5. The minimum absolute atomic E-state index is 0.253. The zero-order chi connectivity index (χ0) is 13.0. The number of para-hydroxylation sites is 1. The van der Waals surface area contributed by atoms with E-state index in [4.69, 9.17) is 16.7 Å². The second kappa shape index (κ2) is 5.92. The average Bonchev–Trinajstić information content (AvgIpc) is 2.25. The van der Waals surface area contributed by atoms with Gasteiger partial charge >= 0.3 is 5.97 Å². The van der Waals surface area contributed by atoms with Crippen LogP contribution in [0.1, 0.15) is 30.6 Å². The Bertz CT molecular complexity index is 404. The lowest BCUT2D eigenvalue weighted by Crippen LogP contribution is -2.22. The number of halogens is 1. The lowest BCUT2D eigenvalue weighted by molar-refractivity contribution is 0.0697. The van der Waals surface area contributed by atoms with E-state index in [0.29, 0.717) is 16.6 Å². The van der Waals surface area contributed by atoms with E-state index in [0.717, 1.165) is 13.0 Å². The van der Waals surface area contributed by atoms with E-state index in [-0.39, 0.29) is 5.56 Å². The number of hydrogen-bond acceptors (Lipinski definition) is 2. The first-order valence-corrected chi connectivity index (χ1v) is 6.04. The van der Waals surface area contributed by atoms with Gasteiger partial charge in [0.15, 0.2) is 0 Å². The molecule has 0 fully saturated rings. The third-order valence-corrected chi connectivity index (χ3v) is 2.95. The molecule has 1 N–H and O–H groups in total. The van der Waals surface area contributed by atoms with Gasteiger partial charge in [0, 0.05) is 13.6 Å². The molecule has 0 unspecified atom stereocenters. The van der Waals surface area contributed by atoms with Crippen LogP contribution < -0.4 is 4.90 Å². The first-order chi connectivity index (χ1) is 7.93. The van der Waals surface area contributed by atoms with Gasteiger partial charge in [-0.1, -0.05) is 31.5 Å². The van der Waals surface area contributed by atoms with E-state index < -0.39 is 5.97 Å². The standard InChI is InChI=1S/C13H18ClNO2/c1-9(2)7-8-15(3)12-10(13(16)17)5-4-6-11(12)14/h4-6,9H,7-8H2,1-3H3,(H,16,17). The van der Waals surface area contributed by atoms with Crippen molar-refractivity contribution >= 4 is 23.3 Å². The number of anilines is 1. The predicted octanol–water partition coefficient (Wildman–Crippen LogP) is 3.52. The van der Waals surface area contributed by atoms with Crippen molar-refractivity contribution in [3.63, 3.8) is 0 Å². The van der Waals surface area contributed by atoms with Gasteiger partial charge in [0.25, 0.3) is 0 Å². The molecule has 0 radical (unpaired) electrons. The van der Waals surface area contributed by atoms with Crippen LogP contribution >= 0.6 is 11.6 Å². The highest BCUT2D eigenvalue weighted by molar-refractivity contribution is 6.34. The molecule has 0 heterocycles. The summed E-state index contributed by atoms with van der Waals surface area (Å²) in [6.07, 6.45) is 1.00. The molecule has 0 saturated carbocycles. The van der Waals surface area contributed by atoms with Crippen molar-refractivity contribution in [2.45, 2.75) is 20.3 Å². The summed E-state index contributed by atoms with van der Waals surface area (Å²) < 4.78 is 0. The fourth-order valence-corrected chi connectivity index (χ4v) is 1.96. The molecule has 0 amide bonds. The third kappa shape index (κ3) is 3.63. The molecule has 17 heavy (non-hydrogen) atoms. The van der Waals surface area contributed by atoms with E-state index in [1.807, 2.05) is 11.9 Å². The highest BCUT2D eigenvalue weighted by Crippen LogP contribution is 2.29. The Kier molecular flexibility index (Phi) is 4.82. The molecule has 3 nitrogen and oxygen atoms in total. The van der Waals surface area contributed by atoms with Gasteiger partial charge in [0.1, 0.15) is 0 Å². The quantitative estimate of drug-likeness (QED) is 0.875. The van der Waals surface area contributed by atoms with Gasteiger partial charge in [0.2, 0.25) is 0 Å². The predicted molar refractivity (Wildman–Crippen MR) is 71.1 cm³/mol. The summed E-state index contributed by atoms with van der Waals surface area (Å²) in [7, 11) is 1.87. The largest absolute Gasteiger partial charge is 0.478 e. The average molecular weight is 256 g/mol. The summed E-state index contributed by atoms with van der Waals surface area (Å²) in [5.74, 6) is -0.368. The van der Waals surface area contributed by atoms with Crippen molar-refractivity contribution in [3.8, 4) is 0 Å². The van der Waals surface area contributed by atoms with Crippen LogP contribution in [0.15, 0.2) is 18.2 Å². The molecule has 94 valence electrons. The van der Waals surface area contributed by atoms with Gasteiger partial charge in [-0.05, 0) is 24.5 Å². The molecular formula is C13H18ClNO2. The van der Waals surface area contributed by atoms with E-state index in [1.54, 1.807) is 18.2 Å². The van der Waals surface area contributed by atoms with Gasteiger partial charge < -0.3 is 10.0 Å². The summed E-state index contributed by atoms with van der Waals surface area (Å²) in [6, 6.07) is 4.95. The van der Waals surface area contributed by atoms with Crippen molar-refractivity contribution < 1.29 is 9.90 Å². The van der Waals surface area contributed by atoms with Gasteiger partial charge in [-0.2, -0.15) is 0 Å². The molecule has 0 aliphatic rings. The molecular weight excluding hydrogens is 238 g/mol. The lowest BCUT2D eigenvalue weighted by Gasteiger charge is -2.23. The van der Waals surface area contributed by atoms with Crippen LogP contribution in [0.4, 0.5) is 5.69 Å². The number of carbonyl (C=O) groups is 1. The summed E-state index contributed by atoms with van der Waals surface area (Å²) in [5, 5.41) is 9.61. The summed E-state index contributed by atoms with van der Waals surface area (Å²) in [6.45, 7) is 5.07. The Morgan fingerprint density at radius 3 is 2.65 bits per heavy atom. The monoisotopic (exact) mass is 255 g/mol. The molecule has 0 spiro atoms. The Labute approximate surface area is 107 Å². The first-order valence-electron chi connectivity index (χ1n) is 5.66. The Morgan fingerprint density at radius 1 is 1.47 bits per heavy atom. The molecule has 4 heteroatoms. The normalized spacial score (nSPS) is 10.6. The SMILES string of the molecule is CC(C)CCN(C)c1c(Cl)cccc1C(=O)O. The van der Waals surface area contributed by atoms with E-state index >= 15 is 0 Å². The van der Waals surface area contributed by atoms with Crippen LogP contribution in [0.25, 0.3) is 0 Å². The van der Waals surface area contributed by atoms with Crippen molar-refractivity contribution in [1.82, 2.24) is 0 Å². The Morgan fingerprint density at radius 2 is 2.12 bits per heavy atom. The maximum atomic E-state index is 11.1. The Hall–Kier alpha value is -1.22. The van der Waals surface area contributed by atoms with Gasteiger partial charge in [-0.25, -0.2) is 4.79 Å². The highest BCUT2D eigenvalue weighted by atomic mass is 35.5. The fraction of sp³-hybridized carbons (Fsp3) is 0.462. The smallest absolute Gasteiger partial charge is 0.337 e. The Balaban J connectivity index is 2.98. The van der Waals surface area contributed by atoms with Crippen LogP contribution in [-0.2, 0) is 0 Å². The maximum Gasteiger partial charge on any atom is 0.337 e. The zero-order valence-corrected chi connectivity index (χ0v) is 11.2. The minimum atomic E-state index is -0.945. The molecule has 1 rings (SSSR count). The number of hydrogen-bond donors (Lipinski definition) is 1. The van der Waals surface area contributed by atoms with E-state index in [9.17, 15) is 4.79 Å². The number of carboxylic acid groups (broad SMARTS) is 1. The molecule has 0 bridgehead atoms. The highest BCUT2D eigenvalue weighted by Gasteiger charge is 2.16. The first kappa shape index (κ1) is 13.8. The van der Waals surface area contributed by atoms with Gasteiger partial charge in [-0.15, -0.1) is 0 Å². The summed E-state index contributed by atoms with van der Waals surface area (Å²) >= 11 is 6.08. The van der Waals surface area contributed by atoms with Gasteiger partial charge in [0.05, 0.1) is 16.3 Å². The lowest BCUT2D eigenvalue weighted by atomic mass is 10.1. The van der Waals surface area contributed by atoms with Crippen molar-refractivity contribution in [3.05, 3.63) is 28.8 Å². The van der Waals surface area contributed by atoms with Crippen LogP contribution in [0, 0.1) is 5.92 Å². The molecule has 1 aromatic rings. The summed E-state index contributed by atoms with van der Waals surface area (Å²) in [4.78, 5) is 13.0. The molecule has 1 aromatic carbocycles. The molecule has 0 aliphatic heterocycles. The molecule has 0 aromatic heterocycles. The number of benzene rings is 1. The second-order valence-corrected chi connectivity index (χ2v) is 4.95. The van der Waals surface area contributed by atoms with Crippen LogP contribution in [0.2, 0.25) is 5.02 Å². The van der Waals surface area contributed by atoms with Crippen LogP contribution in [0.5, 0.6) is 0 Å². The molecule has 0 atom stereocenters. The number of nitrogens with zero attached hydrogens (tertiary/aromatic N) is 1.